The molecule has 0 heterocycles. The Morgan fingerprint density at radius 1 is 1.44 bits per heavy atom. The van der Waals surface area contributed by atoms with E-state index in [1.54, 1.807) is 24.3 Å². The fourth-order valence-electron chi connectivity index (χ4n) is 0.781. The second-order valence-corrected chi connectivity index (χ2v) is 2.56. The predicted octanol–water partition coefficient (Wildman–Crippen LogP) is 1.92. The summed E-state index contributed by atoms with van der Waals surface area (Å²) in [5, 5.41) is 18.5. The van der Waals surface area contributed by atoms with E-state index in [9.17, 15) is 4.79 Å². The maximum Gasteiger partial charge on any atom is 0.409 e. The maximum atomic E-state index is 10.1. The van der Waals surface area contributed by atoms with Crippen LogP contribution in [-0.4, -0.2) is 29.5 Å². The SMILES string of the molecule is C=COCCO.O=C(O)Nc1ccccc1. The molecule has 3 N–H and O–H groups in total. The van der Waals surface area contributed by atoms with Crippen molar-refractivity contribution < 1.29 is 19.7 Å². The lowest BCUT2D eigenvalue weighted by atomic mass is 10.3. The van der Waals surface area contributed by atoms with Gasteiger partial charge in [0.1, 0.15) is 6.61 Å². The summed E-state index contributed by atoms with van der Waals surface area (Å²) in [6.45, 7) is 3.68. The monoisotopic (exact) mass is 225 g/mol. The minimum Gasteiger partial charge on any atom is -0.499 e. The molecule has 0 spiro atoms. The molecule has 0 bridgehead atoms. The van der Waals surface area contributed by atoms with Gasteiger partial charge in [0.25, 0.3) is 0 Å². The van der Waals surface area contributed by atoms with Crippen LogP contribution in [-0.2, 0) is 4.74 Å². The molecule has 0 radical (unpaired) electrons. The number of carboxylic acid groups (broad SMARTS) is 1. The average molecular weight is 225 g/mol. The van der Waals surface area contributed by atoms with Gasteiger partial charge in [-0.2, -0.15) is 0 Å². The molecule has 5 heteroatoms. The van der Waals surface area contributed by atoms with Gasteiger partial charge < -0.3 is 14.9 Å². The fourth-order valence-corrected chi connectivity index (χ4v) is 0.781. The Hall–Kier alpha value is -2.01. The number of amides is 1. The van der Waals surface area contributed by atoms with Gasteiger partial charge in [0.2, 0.25) is 0 Å². The van der Waals surface area contributed by atoms with Gasteiger partial charge in [-0.3, -0.25) is 5.32 Å². The van der Waals surface area contributed by atoms with Gasteiger partial charge in [0.05, 0.1) is 12.9 Å². The van der Waals surface area contributed by atoms with Crippen LogP contribution in [0.2, 0.25) is 0 Å². The summed E-state index contributed by atoms with van der Waals surface area (Å²) in [6, 6.07) is 8.74. The number of para-hydroxylation sites is 1. The zero-order chi connectivity index (χ0) is 12.2. The van der Waals surface area contributed by atoms with E-state index in [0.717, 1.165) is 0 Å². The highest BCUT2D eigenvalue weighted by Crippen LogP contribution is 2.03. The van der Waals surface area contributed by atoms with Crippen LogP contribution >= 0.6 is 0 Å². The van der Waals surface area contributed by atoms with Gasteiger partial charge >= 0.3 is 6.09 Å². The van der Waals surface area contributed by atoms with E-state index in [4.69, 9.17) is 10.2 Å². The third-order valence-corrected chi connectivity index (χ3v) is 1.35. The predicted molar refractivity (Wildman–Crippen MR) is 61.3 cm³/mol. The molecule has 5 nitrogen and oxygen atoms in total. The minimum absolute atomic E-state index is 0.0615. The highest BCUT2D eigenvalue weighted by atomic mass is 16.5. The molecule has 16 heavy (non-hydrogen) atoms. The van der Waals surface area contributed by atoms with Crippen LogP contribution in [0, 0.1) is 0 Å². The van der Waals surface area contributed by atoms with Crippen LogP contribution in [0.3, 0.4) is 0 Å². The third-order valence-electron chi connectivity index (χ3n) is 1.35. The summed E-state index contributed by atoms with van der Waals surface area (Å²) in [6.07, 6.45) is 0.266. The molecular weight excluding hydrogens is 210 g/mol. The van der Waals surface area contributed by atoms with Gasteiger partial charge in [0, 0.05) is 5.69 Å². The van der Waals surface area contributed by atoms with Crippen LogP contribution in [0.4, 0.5) is 10.5 Å². The number of anilines is 1. The van der Waals surface area contributed by atoms with Crippen molar-refractivity contribution in [1.82, 2.24) is 0 Å². The second kappa shape index (κ2) is 9.54. The summed E-state index contributed by atoms with van der Waals surface area (Å²) in [5.41, 5.74) is 0.593. The fraction of sp³-hybridized carbons (Fsp3) is 0.182. The Bertz CT molecular complexity index is 300. The van der Waals surface area contributed by atoms with E-state index in [1.165, 1.54) is 6.26 Å². The number of hydrogen-bond donors (Lipinski definition) is 3. The number of nitrogens with one attached hydrogen (secondary N) is 1. The van der Waals surface area contributed by atoms with Crippen molar-refractivity contribution in [3.63, 3.8) is 0 Å². The molecule has 1 aromatic rings. The van der Waals surface area contributed by atoms with Crippen LogP contribution in [0.5, 0.6) is 0 Å². The Morgan fingerprint density at radius 3 is 2.44 bits per heavy atom. The minimum atomic E-state index is -1.04. The lowest BCUT2D eigenvalue weighted by molar-refractivity contribution is 0.166. The molecule has 1 amide bonds. The summed E-state index contributed by atoms with van der Waals surface area (Å²) >= 11 is 0. The van der Waals surface area contributed by atoms with Crippen molar-refractivity contribution in [2.45, 2.75) is 0 Å². The summed E-state index contributed by atoms with van der Waals surface area (Å²) < 4.78 is 4.50. The maximum absolute atomic E-state index is 10.1. The van der Waals surface area contributed by atoms with E-state index < -0.39 is 6.09 Å². The first kappa shape index (κ1) is 14.0. The molecule has 88 valence electrons. The second-order valence-electron chi connectivity index (χ2n) is 2.56. The van der Waals surface area contributed by atoms with E-state index in [0.29, 0.717) is 12.3 Å². The highest BCUT2D eigenvalue weighted by molar-refractivity contribution is 5.82. The number of benzene rings is 1. The smallest absolute Gasteiger partial charge is 0.409 e. The Labute approximate surface area is 94.0 Å². The van der Waals surface area contributed by atoms with Gasteiger partial charge in [0.15, 0.2) is 0 Å². The Balaban J connectivity index is 0.000000325. The molecule has 0 saturated heterocycles. The van der Waals surface area contributed by atoms with Crippen molar-refractivity contribution in [2.75, 3.05) is 18.5 Å². The molecule has 0 aliphatic rings. The van der Waals surface area contributed by atoms with Gasteiger partial charge in [-0.25, -0.2) is 4.79 Å². The number of aliphatic hydroxyl groups excluding tert-OH is 1. The number of hydrogen-bond acceptors (Lipinski definition) is 3. The van der Waals surface area contributed by atoms with Crippen molar-refractivity contribution in [3.05, 3.63) is 43.2 Å². The van der Waals surface area contributed by atoms with E-state index in [2.05, 4.69) is 16.6 Å². The van der Waals surface area contributed by atoms with Crippen LogP contribution in [0.1, 0.15) is 0 Å². The molecule has 0 aliphatic heterocycles. The van der Waals surface area contributed by atoms with Gasteiger partial charge in [-0.05, 0) is 12.1 Å². The molecule has 1 rings (SSSR count). The van der Waals surface area contributed by atoms with Crippen molar-refractivity contribution in [2.24, 2.45) is 0 Å². The first-order valence-corrected chi connectivity index (χ1v) is 4.59. The Kier molecular flexibility index (Phi) is 8.34. The van der Waals surface area contributed by atoms with Crippen LogP contribution in [0.25, 0.3) is 0 Å². The van der Waals surface area contributed by atoms with Crippen molar-refractivity contribution in [1.29, 1.82) is 0 Å². The molecule has 0 saturated carbocycles. The molecule has 0 aliphatic carbocycles. The standard InChI is InChI=1S/C7H7NO2.C4H8O2/c9-7(10)8-6-4-2-1-3-5-6;1-2-6-4-3-5/h1-5,8H,(H,9,10);2,5H,1,3-4H2. The van der Waals surface area contributed by atoms with E-state index in [1.807, 2.05) is 6.07 Å². The quantitative estimate of drug-likeness (QED) is 0.540. The lowest BCUT2D eigenvalue weighted by Crippen LogP contribution is -2.06. The van der Waals surface area contributed by atoms with Crippen LogP contribution in [0.15, 0.2) is 43.2 Å². The normalized spacial score (nSPS) is 8.31. The summed E-state index contributed by atoms with van der Waals surface area (Å²) in [4.78, 5) is 10.1. The average Bonchev–Trinajstić information content (AvgIpc) is 2.28. The van der Waals surface area contributed by atoms with Gasteiger partial charge in [-0.15, -0.1) is 0 Å². The molecule has 0 aromatic heterocycles. The van der Waals surface area contributed by atoms with Crippen LogP contribution < -0.4 is 5.32 Å². The molecular formula is C11H15NO4. The number of ether oxygens (including phenoxy) is 1. The van der Waals surface area contributed by atoms with E-state index in [-0.39, 0.29) is 6.61 Å². The van der Waals surface area contributed by atoms with Gasteiger partial charge in [-0.1, -0.05) is 24.8 Å². The summed E-state index contributed by atoms with van der Waals surface area (Å²) in [7, 11) is 0. The first-order valence-electron chi connectivity index (χ1n) is 4.59. The molecule has 0 fully saturated rings. The summed E-state index contributed by atoms with van der Waals surface area (Å²) in [5.74, 6) is 0. The largest absolute Gasteiger partial charge is 0.499 e. The number of aliphatic hydroxyl groups is 1. The number of carbonyl (C=O) groups is 1. The van der Waals surface area contributed by atoms with Crippen molar-refractivity contribution >= 4 is 11.8 Å². The lowest BCUT2D eigenvalue weighted by Gasteiger charge is -1.96. The first-order chi connectivity index (χ1) is 7.70. The molecule has 0 atom stereocenters. The zero-order valence-electron chi connectivity index (χ0n) is 8.80. The highest BCUT2D eigenvalue weighted by Gasteiger charge is 1.93. The van der Waals surface area contributed by atoms with E-state index >= 15 is 0 Å². The Morgan fingerprint density at radius 2 is 2.06 bits per heavy atom. The third kappa shape index (κ3) is 8.58. The van der Waals surface area contributed by atoms with Crippen molar-refractivity contribution in [3.8, 4) is 0 Å². The number of rotatable bonds is 4. The molecule has 1 aromatic carbocycles. The molecule has 0 unspecified atom stereocenters. The topological polar surface area (TPSA) is 78.8 Å². The zero-order valence-corrected chi connectivity index (χ0v) is 8.80.